The number of halogens is 7. The molecular formula is C32H31F7N2O6. The summed E-state index contributed by atoms with van der Waals surface area (Å²) in [5.74, 6) is -6.18. The second kappa shape index (κ2) is 16.1. The molecule has 0 spiro atoms. The fourth-order valence-corrected chi connectivity index (χ4v) is 4.78. The quantitative estimate of drug-likeness (QED) is 0.135. The lowest BCUT2D eigenvalue weighted by atomic mass is 9.78. The standard InChI is InChI=1S/C32H31F7N2O6/c1-3-5-24(19-6-8-21(9-7-19)29(43)40-17-16-27(42)45-4-2)28(20-10-12-22(13-11-20)46-31(34,35)36)30(44)41-26-15-14-23(18-25(26)33)47-32(37,38)39/h6-15,18,24,28H,3-5,16-17H2,1-2H3,(H,40,43)(H,41,44)/t24-,28+/m0/s1. The van der Waals surface area contributed by atoms with Gasteiger partial charge in [0.2, 0.25) is 5.91 Å². The van der Waals surface area contributed by atoms with Crippen molar-refractivity contribution in [2.45, 2.75) is 57.7 Å². The van der Waals surface area contributed by atoms with Gasteiger partial charge in [-0.3, -0.25) is 14.4 Å². The van der Waals surface area contributed by atoms with E-state index < -0.39 is 65.3 Å². The Morgan fingerprint density at radius 3 is 1.91 bits per heavy atom. The first-order valence-corrected chi connectivity index (χ1v) is 14.4. The molecule has 3 rings (SSSR count). The van der Waals surface area contributed by atoms with E-state index in [9.17, 15) is 45.1 Å². The Kier molecular flexibility index (Phi) is 12.6. The minimum absolute atomic E-state index is 0.0293. The fraction of sp³-hybridized carbons (Fsp3) is 0.344. The molecule has 0 saturated carbocycles. The number of anilines is 1. The fourth-order valence-electron chi connectivity index (χ4n) is 4.78. The molecule has 0 aliphatic rings. The third-order valence-electron chi connectivity index (χ3n) is 6.71. The van der Waals surface area contributed by atoms with Crippen molar-refractivity contribution in [2.75, 3.05) is 18.5 Å². The predicted octanol–water partition coefficient (Wildman–Crippen LogP) is 7.61. The monoisotopic (exact) mass is 672 g/mol. The van der Waals surface area contributed by atoms with E-state index in [-0.39, 0.29) is 30.7 Å². The molecule has 8 nitrogen and oxygen atoms in total. The zero-order valence-electron chi connectivity index (χ0n) is 25.1. The second-order valence-corrected chi connectivity index (χ2v) is 10.1. The lowest BCUT2D eigenvalue weighted by molar-refractivity contribution is -0.275. The van der Waals surface area contributed by atoms with Gasteiger partial charge in [0.15, 0.2) is 0 Å². The van der Waals surface area contributed by atoms with E-state index in [1.165, 1.54) is 24.3 Å². The average molecular weight is 673 g/mol. The molecule has 2 atom stereocenters. The minimum atomic E-state index is -5.07. The number of rotatable bonds is 14. The highest BCUT2D eigenvalue weighted by atomic mass is 19.4. The highest BCUT2D eigenvalue weighted by Crippen LogP contribution is 2.39. The first-order valence-electron chi connectivity index (χ1n) is 14.4. The lowest BCUT2D eigenvalue weighted by Crippen LogP contribution is -2.28. The van der Waals surface area contributed by atoms with Crippen molar-refractivity contribution in [3.8, 4) is 11.5 Å². The van der Waals surface area contributed by atoms with Gasteiger partial charge < -0.3 is 24.8 Å². The number of benzene rings is 3. The SMILES string of the molecule is CCC[C@@H](c1ccc(C(=O)NCCC(=O)OCC)cc1)[C@H](C(=O)Nc1ccc(OC(F)(F)F)cc1F)c1ccc(OC(F)(F)F)cc1. The Morgan fingerprint density at radius 2 is 1.36 bits per heavy atom. The molecule has 2 N–H and O–H groups in total. The van der Waals surface area contributed by atoms with Crippen LogP contribution < -0.4 is 20.1 Å². The van der Waals surface area contributed by atoms with E-state index in [1.54, 1.807) is 19.1 Å². The van der Waals surface area contributed by atoms with Crippen LogP contribution in [0.15, 0.2) is 66.7 Å². The van der Waals surface area contributed by atoms with Gasteiger partial charge in [0.1, 0.15) is 17.3 Å². The Bertz CT molecular complexity index is 1510. The minimum Gasteiger partial charge on any atom is -0.466 e. The number of esters is 1. The smallest absolute Gasteiger partial charge is 0.466 e. The van der Waals surface area contributed by atoms with Gasteiger partial charge in [0.05, 0.1) is 24.6 Å². The van der Waals surface area contributed by atoms with Crippen LogP contribution in [0.2, 0.25) is 0 Å². The summed E-state index contributed by atoms with van der Waals surface area (Å²) in [6.45, 7) is 3.72. The maximum absolute atomic E-state index is 14.8. The van der Waals surface area contributed by atoms with Gasteiger partial charge in [-0.25, -0.2) is 4.39 Å². The molecule has 3 aromatic rings. The number of carbonyl (C=O) groups excluding carboxylic acids is 3. The summed E-state index contributed by atoms with van der Waals surface area (Å²) in [5.41, 5.74) is 0.566. The maximum Gasteiger partial charge on any atom is 0.573 e. The Balaban J connectivity index is 1.93. The molecule has 0 bridgehead atoms. The van der Waals surface area contributed by atoms with Crippen molar-refractivity contribution in [1.29, 1.82) is 0 Å². The zero-order chi connectivity index (χ0) is 34.8. The molecule has 0 aliphatic carbocycles. The van der Waals surface area contributed by atoms with Gasteiger partial charge >= 0.3 is 18.7 Å². The van der Waals surface area contributed by atoms with E-state index >= 15 is 0 Å². The first kappa shape index (κ1) is 36.6. The molecule has 2 amide bonds. The topological polar surface area (TPSA) is 103 Å². The molecule has 0 saturated heterocycles. The van der Waals surface area contributed by atoms with Crippen molar-refractivity contribution in [3.05, 3.63) is 89.2 Å². The van der Waals surface area contributed by atoms with Gasteiger partial charge in [-0.2, -0.15) is 0 Å². The van der Waals surface area contributed by atoms with E-state index in [0.717, 1.165) is 24.3 Å². The Labute approximate surface area is 265 Å². The molecule has 3 aromatic carbocycles. The zero-order valence-corrected chi connectivity index (χ0v) is 25.1. The van der Waals surface area contributed by atoms with Crippen LogP contribution in [0.25, 0.3) is 0 Å². The number of hydrogen-bond acceptors (Lipinski definition) is 6. The van der Waals surface area contributed by atoms with Crippen LogP contribution >= 0.6 is 0 Å². The van der Waals surface area contributed by atoms with E-state index in [1.807, 2.05) is 6.92 Å². The van der Waals surface area contributed by atoms with Gasteiger partial charge in [0.25, 0.3) is 5.91 Å². The average Bonchev–Trinajstić information content (AvgIpc) is 2.98. The van der Waals surface area contributed by atoms with E-state index in [2.05, 4.69) is 20.1 Å². The highest BCUT2D eigenvalue weighted by molar-refractivity contribution is 5.97. The van der Waals surface area contributed by atoms with Crippen molar-refractivity contribution in [2.24, 2.45) is 0 Å². The molecule has 0 unspecified atom stereocenters. The number of amides is 2. The number of nitrogens with one attached hydrogen (secondary N) is 2. The predicted molar refractivity (Wildman–Crippen MR) is 155 cm³/mol. The molecular weight excluding hydrogens is 641 g/mol. The molecule has 0 aromatic heterocycles. The van der Waals surface area contributed by atoms with E-state index in [0.29, 0.717) is 24.5 Å². The molecule has 0 heterocycles. The van der Waals surface area contributed by atoms with Crippen LogP contribution in [0, 0.1) is 5.82 Å². The second-order valence-electron chi connectivity index (χ2n) is 10.1. The van der Waals surface area contributed by atoms with Crippen molar-refractivity contribution < 1.29 is 59.3 Å². The normalized spacial score (nSPS) is 12.9. The third kappa shape index (κ3) is 11.5. The van der Waals surface area contributed by atoms with Crippen LogP contribution in [-0.2, 0) is 14.3 Å². The van der Waals surface area contributed by atoms with Crippen LogP contribution in [0.3, 0.4) is 0 Å². The summed E-state index contributed by atoms with van der Waals surface area (Å²) in [6.07, 6.45) is -9.19. The Morgan fingerprint density at radius 1 is 0.787 bits per heavy atom. The number of carbonyl (C=O) groups is 3. The van der Waals surface area contributed by atoms with Crippen LogP contribution in [0.4, 0.5) is 36.4 Å². The molecule has 0 aliphatic heterocycles. The summed E-state index contributed by atoms with van der Waals surface area (Å²) in [6, 6.07) is 12.8. The van der Waals surface area contributed by atoms with Gasteiger partial charge in [-0.05, 0) is 66.8 Å². The molecule has 0 fully saturated rings. The summed E-state index contributed by atoms with van der Waals surface area (Å²) in [4.78, 5) is 37.9. The number of hydrogen-bond donors (Lipinski definition) is 2. The van der Waals surface area contributed by atoms with Crippen LogP contribution in [0.5, 0.6) is 11.5 Å². The molecule has 47 heavy (non-hydrogen) atoms. The van der Waals surface area contributed by atoms with Crippen molar-refractivity contribution in [3.63, 3.8) is 0 Å². The van der Waals surface area contributed by atoms with Crippen molar-refractivity contribution >= 4 is 23.5 Å². The molecule has 15 heteroatoms. The third-order valence-corrected chi connectivity index (χ3v) is 6.71. The summed E-state index contributed by atoms with van der Waals surface area (Å²) < 4.78 is 103. The summed E-state index contributed by atoms with van der Waals surface area (Å²) in [5, 5.41) is 4.96. The van der Waals surface area contributed by atoms with Gasteiger partial charge in [-0.15, -0.1) is 26.3 Å². The highest BCUT2D eigenvalue weighted by Gasteiger charge is 2.34. The van der Waals surface area contributed by atoms with E-state index in [4.69, 9.17) is 4.74 Å². The number of ether oxygens (including phenoxy) is 3. The maximum atomic E-state index is 14.8. The summed E-state index contributed by atoms with van der Waals surface area (Å²) in [7, 11) is 0. The molecule has 254 valence electrons. The lowest BCUT2D eigenvalue weighted by Gasteiger charge is -2.28. The summed E-state index contributed by atoms with van der Waals surface area (Å²) >= 11 is 0. The van der Waals surface area contributed by atoms with Gasteiger partial charge in [-0.1, -0.05) is 37.6 Å². The van der Waals surface area contributed by atoms with Crippen LogP contribution in [-0.4, -0.2) is 43.7 Å². The van der Waals surface area contributed by atoms with Crippen molar-refractivity contribution in [1.82, 2.24) is 5.32 Å². The number of alkyl halides is 6. The van der Waals surface area contributed by atoms with Gasteiger partial charge in [0, 0.05) is 18.2 Å². The largest absolute Gasteiger partial charge is 0.573 e. The van der Waals surface area contributed by atoms with Crippen LogP contribution in [0.1, 0.15) is 66.4 Å². The molecule has 0 radical (unpaired) electrons. The first-order chi connectivity index (χ1) is 22.1. The Hall–Kier alpha value is -4.82.